The summed E-state index contributed by atoms with van der Waals surface area (Å²) in [6, 6.07) is 3.31. The average molecular weight is 198 g/mol. The summed E-state index contributed by atoms with van der Waals surface area (Å²) in [7, 11) is 1.33. The zero-order chi connectivity index (χ0) is 9.84. The summed E-state index contributed by atoms with van der Waals surface area (Å²) >= 11 is 1.20. The van der Waals surface area contributed by atoms with Crippen molar-refractivity contribution < 1.29 is 14.6 Å². The monoisotopic (exact) mass is 198 g/mol. The van der Waals surface area contributed by atoms with Gasteiger partial charge in [0.25, 0.3) is 0 Å². The van der Waals surface area contributed by atoms with Crippen LogP contribution in [0.1, 0.15) is 20.7 Å². The third-order valence-electron chi connectivity index (χ3n) is 1.53. The molecule has 4 heteroatoms. The minimum atomic E-state index is -0.705. The van der Waals surface area contributed by atoms with Gasteiger partial charge >= 0.3 is 5.97 Å². The van der Waals surface area contributed by atoms with Gasteiger partial charge in [0, 0.05) is 4.88 Å². The molecule has 1 aromatic rings. The number of carbonyl (C=O) groups excluding carboxylic acids is 1. The molecular formula is C9H10O3S. The van der Waals surface area contributed by atoms with Crippen molar-refractivity contribution in [3.63, 3.8) is 0 Å². The Kier molecular flexibility index (Phi) is 3.22. The predicted octanol–water partition coefficient (Wildman–Crippen LogP) is 1.75. The normalized spacial score (nSPS) is 12.2. The molecule has 13 heavy (non-hydrogen) atoms. The van der Waals surface area contributed by atoms with Crippen LogP contribution in [0.2, 0.25) is 0 Å². The lowest BCUT2D eigenvalue weighted by Gasteiger charge is -1.98. The van der Waals surface area contributed by atoms with Gasteiger partial charge in [-0.25, -0.2) is 4.79 Å². The largest absolute Gasteiger partial charge is 0.465 e. The number of aliphatic hydroxyl groups excluding tert-OH is 1. The summed E-state index contributed by atoms with van der Waals surface area (Å²) in [6.45, 7) is 3.45. The highest BCUT2D eigenvalue weighted by atomic mass is 32.1. The predicted molar refractivity (Wildman–Crippen MR) is 50.8 cm³/mol. The second-order valence-corrected chi connectivity index (χ2v) is 3.49. The van der Waals surface area contributed by atoms with Gasteiger partial charge in [-0.3, -0.25) is 0 Å². The van der Waals surface area contributed by atoms with Gasteiger partial charge in [-0.1, -0.05) is 6.08 Å². The molecule has 0 aliphatic heterocycles. The van der Waals surface area contributed by atoms with Crippen molar-refractivity contribution in [3.05, 3.63) is 34.5 Å². The average Bonchev–Trinajstić information content (AvgIpc) is 2.64. The summed E-state index contributed by atoms with van der Waals surface area (Å²) in [5, 5.41) is 9.34. The topological polar surface area (TPSA) is 46.5 Å². The van der Waals surface area contributed by atoms with Crippen LogP contribution in [0.4, 0.5) is 0 Å². The first kappa shape index (κ1) is 9.95. The number of esters is 1. The molecule has 0 amide bonds. The number of rotatable bonds is 3. The molecular weight excluding hydrogens is 188 g/mol. The van der Waals surface area contributed by atoms with Gasteiger partial charge in [0.1, 0.15) is 11.0 Å². The fraction of sp³-hybridized carbons (Fsp3) is 0.222. The van der Waals surface area contributed by atoms with Crippen LogP contribution in [0.25, 0.3) is 0 Å². The molecule has 0 radical (unpaired) electrons. The fourth-order valence-corrected chi connectivity index (χ4v) is 1.75. The number of methoxy groups -OCH3 is 1. The Bertz CT molecular complexity index is 316. The maximum absolute atomic E-state index is 11.0. The highest BCUT2D eigenvalue weighted by Gasteiger charge is 2.11. The van der Waals surface area contributed by atoms with Crippen molar-refractivity contribution in [3.8, 4) is 0 Å². The zero-order valence-corrected chi connectivity index (χ0v) is 8.00. The summed E-state index contributed by atoms with van der Waals surface area (Å²) in [5.74, 6) is -0.382. The molecule has 0 aliphatic rings. The number of thiophene rings is 1. The molecule has 1 N–H and O–H groups in total. The Hall–Kier alpha value is -1.13. The quantitative estimate of drug-likeness (QED) is 0.594. The van der Waals surface area contributed by atoms with Crippen LogP contribution in [-0.2, 0) is 4.74 Å². The lowest BCUT2D eigenvalue weighted by atomic mass is 10.3. The van der Waals surface area contributed by atoms with Crippen molar-refractivity contribution in [2.45, 2.75) is 6.10 Å². The van der Waals surface area contributed by atoms with Crippen LogP contribution >= 0.6 is 11.3 Å². The standard InChI is InChI=1S/C9H10O3S/c1-3-6(10)7-4-5-8(13-7)9(11)12-2/h3-6,10H,1H2,2H3. The third-order valence-corrected chi connectivity index (χ3v) is 2.66. The molecule has 0 saturated carbocycles. The lowest BCUT2D eigenvalue weighted by molar-refractivity contribution is 0.0606. The van der Waals surface area contributed by atoms with Crippen molar-refractivity contribution in [2.75, 3.05) is 7.11 Å². The summed E-state index contributed by atoms with van der Waals surface area (Å²) < 4.78 is 4.53. The van der Waals surface area contributed by atoms with Gasteiger partial charge in [0.2, 0.25) is 0 Å². The van der Waals surface area contributed by atoms with Gasteiger partial charge in [0.05, 0.1) is 7.11 Å². The van der Waals surface area contributed by atoms with E-state index in [0.29, 0.717) is 9.75 Å². The molecule has 0 spiro atoms. The van der Waals surface area contributed by atoms with Crippen LogP contribution in [0.15, 0.2) is 24.8 Å². The van der Waals surface area contributed by atoms with Gasteiger partial charge in [-0.05, 0) is 12.1 Å². The fourth-order valence-electron chi connectivity index (χ4n) is 0.838. The number of carbonyl (C=O) groups is 1. The van der Waals surface area contributed by atoms with Crippen LogP contribution in [-0.4, -0.2) is 18.2 Å². The first-order valence-electron chi connectivity index (χ1n) is 3.67. The number of hydrogen-bond donors (Lipinski definition) is 1. The molecule has 1 unspecified atom stereocenters. The summed E-state index contributed by atoms with van der Waals surface area (Å²) in [4.78, 5) is 12.2. The number of ether oxygens (including phenoxy) is 1. The van der Waals surface area contributed by atoms with Gasteiger partial charge in [-0.15, -0.1) is 17.9 Å². The molecule has 1 rings (SSSR count). The van der Waals surface area contributed by atoms with Crippen molar-refractivity contribution in [2.24, 2.45) is 0 Å². The Morgan fingerprint density at radius 3 is 3.00 bits per heavy atom. The van der Waals surface area contributed by atoms with E-state index in [9.17, 15) is 9.90 Å². The van der Waals surface area contributed by atoms with Gasteiger partial charge < -0.3 is 9.84 Å². The van der Waals surface area contributed by atoms with E-state index in [1.165, 1.54) is 24.5 Å². The van der Waals surface area contributed by atoms with Crippen LogP contribution < -0.4 is 0 Å². The minimum Gasteiger partial charge on any atom is -0.465 e. The summed E-state index contributed by atoms with van der Waals surface area (Å²) in [5.41, 5.74) is 0. The summed E-state index contributed by atoms with van der Waals surface area (Å²) in [6.07, 6.45) is 0.704. The van der Waals surface area contributed by atoms with E-state index in [-0.39, 0.29) is 5.97 Å². The Morgan fingerprint density at radius 1 is 1.77 bits per heavy atom. The molecule has 0 bridgehead atoms. The first-order valence-corrected chi connectivity index (χ1v) is 4.49. The second-order valence-electron chi connectivity index (χ2n) is 2.37. The van der Waals surface area contributed by atoms with Gasteiger partial charge in [0.15, 0.2) is 0 Å². The van der Waals surface area contributed by atoms with Crippen LogP contribution in [0.3, 0.4) is 0 Å². The Morgan fingerprint density at radius 2 is 2.46 bits per heavy atom. The number of aliphatic hydroxyl groups is 1. The Labute approximate surface area is 80.3 Å². The van der Waals surface area contributed by atoms with E-state index in [1.807, 2.05) is 0 Å². The lowest BCUT2D eigenvalue weighted by Crippen LogP contribution is -1.96. The second kappa shape index (κ2) is 4.20. The maximum atomic E-state index is 11.0. The van der Waals surface area contributed by atoms with E-state index >= 15 is 0 Å². The molecule has 0 saturated heterocycles. The molecule has 1 atom stereocenters. The molecule has 1 heterocycles. The molecule has 0 fully saturated rings. The third kappa shape index (κ3) is 2.17. The number of hydrogen-bond acceptors (Lipinski definition) is 4. The molecule has 0 aromatic carbocycles. The van der Waals surface area contributed by atoms with Gasteiger partial charge in [-0.2, -0.15) is 0 Å². The van der Waals surface area contributed by atoms with Crippen LogP contribution in [0.5, 0.6) is 0 Å². The van der Waals surface area contributed by atoms with Crippen molar-refractivity contribution in [1.82, 2.24) is 0 Å². The van der Waals surface area contributed by atoms with Crippen molar-refractivity contribution in [1.29, 1.82) is 0 Å². The molecule has 0 aliphatic carbocycles. The van der Waals surface area contributed by atoms with E-state index in [2.05, 4.69) is 11.3 Å². The molecule has 3 nitrogen and oxygen atoms in total. The highest BCUT2D eigenvalue weighted by Crippen LogP contribution is 2.24. The van der Waals surface area contributed by atoms with E-state index in [4.69, 9.17) is 0 Å². The van der Waals surface area contributed by atoms with Crippen LogP contribution in [0, 0.1) is 0 Å². The first-order chi connectivity index (χ1) is 6.19. The minimum absolute atomic E-state index is 0.382. The van der Waals surface area contributed by atoms with Crippen molar-refractivity contribution >= 4 is 17.3 Å². The smallest absolute Gasteiger partial charge is 0.348 e. The SMILES string of the molecule is C=CC(O)c1ccc(C(=O)OC)s1. The zero-order valence-electron chi connectivity index (χ0n) is 7.19. The highest BCUT2D eigenvalue weighted by molar-refractivity contribution is 7.14. The van der Waals surface area contributed by atoms with E-state index < -0.39 is 6.10 Å². The molecule has 1 aromatic heterocycles. The van der Waals surface area contributed by atoms with E-state index in [1.54, 1.807) is 12.1 Å². The molecule has 70 valence electrons. The maximum Gasteiger partial charge on any atom is 0.348 e. The van der Waals surface area contributed by atoms with E-state index in [0.717, 1.165) is 0 Å². The Balaban J connectivity index is 2.86.